The average molecular weight is 259 g/mol. The summed E-state index contributed by atoms with van der Waals surface area (Å²) in [5.74, 6) is 0. The van der Waals surface area contributed by atoms with Gasteiger partial charge in [-0.15, -0.1) is 0 Å². The van der Waals surface area contributed by atoms with E-state index in [1.807, 2.05) is 0 Å². The summed E-state index contributed by atoms with van der Waals surface area (Å²) in [5, 5.41) is 0. The van der Waals surface area contributed by atoms with Gasteiger partial charge in [0.2, 0.25) is 0 Å². The Morgan fingerprint density at radius 1 is 0.917 bits per heavy atom. The third-order valence-electron chi connectivity index (χ3n) is 0.213. The van der Waals surface area contributed by atoms with Crippen LogP contribution in [0.2, 0.25) is 0 Å². The molecule has 0 aliphatic carbocycles. The van der Waals surface area contributed by atoms with E-state index >= 15 is 0 Å². The van der Waals surface area contributed by atoms with E-state index in [1.165, 1.54) is 0 Å². The molecule has 8 nitrogen and oxygen atoms in total. The van der Waals surface area contributed by atoms with Crippen LogP contribution in [0.5, 0.6) is 0 Å². The van der Waals surface area contributed by atoms with Crippen LogP contribution in [0.1, 0.15) is 0 Å². The molecular formula is H9KNNaO7P2. The summed E-state index contributed by atoms with van der Waals surface area (Å²) in [6.45, 7) is 0. The van der Waals surface area contributed by atoms with Crippen molar-refractivity contribution in [3.63, 3.8) is 0 Å². The molecule has 12 heteroatoms. The van der Waals surface area contributed by atoms with Crippen LogP contribution >= 0.6 is 15.6 Å². The van der Waals surface area contributed by atoms with Crippen LogP contribution in [0, 0.1) is 0 Å². The second-order valence-corrected chi connectivity index (χ2v) is 3.68. The van der Waals surface area contributed by atoms with Crippen molar-refractivity contribution < 1.29 is 33.0 Å². The van der Waals surface area contributed by atoms with Gasteiger partial charge in [-0.1, -0.05) is 0 Å². The molecule has 7 N–H and O–H groups in total. The monoisotopic (exact) mass is 259 g/mol. The van der Waals surface area contributed by atoms with Gasteiger partial charge in [-0.25, -0.2) is 9.13 Å². The Morgan fingerprint density at radius 2 is 1.08 bits per heavy atom. The van der Waals surface area contributed by atoms with Crippen LogP contribution in [0.25, 0.3) is 0 Å². The van der Waals surface area contributed by atoms with Crippen molar-refractivity contribution in [3.8, 4) is 0 Å². The summed E-state index contributed by atoms with van der Waals surface area (Å²) in [7, 11) is -10.1. The minimum atomic E-state index is -5.05. The Kier molecular flexibility index (Phi) is 18.4. The molecular weight excluding hydrogens is 250 g/mol. The molecule has 12 heavy (non-hydrogen) atoms. The van der Waals surface area contributed by atoms with E-state index in [1.54, 1.807) is 0 Å². The standard InChI is InChI=1S/K.H3N.Na.H4O7P2.2H/c;;;1-8(2,3)7-9(4,5)6;;/h;1H3;;(H2,1,2,3)(H2,4,5,6);;. The van der Waals surface area contributed by atoms with E-state index in [4.69, 9.17) is 19.6 Å². The van der Waals surface area contributed by atoms with Gasteiger partial charge in [0.25, 0.3) is 0 Å². The molecule has 0 heterocycles. The van der Waals surface area contributed by atoms with Gasteiger partial charge in [-0.3, -0.25) is 0 Å². The fraction of sp³-hybridized carbons (Fsp3) is 0. The van der Waals surface area contributed by atoms with Crippen molar-refractivity contribution in [1.29, 1.82) is 0 Å². The molecule has 0 bridgehead atoms. The second kappa shape index (κ2) is 9.11. The fourth-order valence-corrected chi connectivity index (χ4v) is 1.25. The van der Waals surface area contributed by atoms with Crippen LogP contribution in [-0.2, 0) is 13.4 Å². The van der Waals surface area contributed by atoms with Gasteiger partial charge < -0.3 is 25.7 Å². The zero-order valence-electron chi connectivity index (χ0n) is 4.62. The first-order valence-electron chi connectivity index (χ1n) is 1.53. The summed E-state index contributed by atoms with van der Waals surface area (Å²) >= 11 is 0. The van der Waals surface area contributed by atoms with Crippen molar-refractivity contribution in [1.82, 2.24) is 6.15 Å². The van der Waals surface area contributed by atoms with Crippen molar-refractivity contribution in [3.05, 3.63) is 0 Å². The van der Waals surface area contributed by atoms with E-state index in [-0.39, 0.29) is 87.1 Å². The number of rotatable bonds is 2. The Hall–Kier alpha value is 2.86. The summed E-state index contributed by atoms with van der Waals surface area (Å²) in [6.07, 6.45) is 0. The number of phosphoric acid groups is 2. The average Bonchev–Trinajstić information content (AvgIpc) is 1.14. The predicted octanol–water partition coefficient (Wildman–Crippen LogP) is -1.95. The molecule has 0 amide bonds. The Balaban J connectivity index is -0.000000107. The van der Waals surface area contributed by atoms with Crippen molar-refractivity contribution in [2.45, 2.75) is 0 Å². The van der Waals surface area contributed by atoms with E-state index in [0.29, 0.717) is 0 Å². The van der Waals surface area contributed by atoms with Crippen LogP contribution in [0.3, 0.4) is 0 Å². The summed E-state index contributed by atoms with van der Waals surface area (Å²) < 4.78 is 22.2. The minimum absolute atomic E-state index is 0. The molecule has 0 radical (unpaired) electrons. The van der Waals surface area contributed by atoms with E-state index in [9.17, 15) is 9.13 Å². The van der Waals surface area contributed by atoms with Gasteiger partial charge in [-0.2, -0.15) is 4.31 Å². The van der Waals surface area contributed by atoms with Gasteiger partial charge in [-0.05, 0) is 0 Å². The van der Waals surface area contributed by atoms with Crippen LogP contribution in [0.15, 0.2) is 0 Å². The van der Waals surface area contributed by atoms with Crippen LogP contribution < -0.4 is 6.15 Å². The Bertz CT molecular complexity index is 162. The van der Waals surface area contributed by atoms with Crippen LogP contribution in [0.4, 0.5) is 0 Å². The van der Waals surface area contributed by atoms with E-state index in [2.05, 4.69) is 4.31 Å². The van der Waals surface area contributed by atoms with Gasteiger partial charge in [0.05, 0.1) is 0 Å². The van der Waals surface area contributed by atoms with Crippen molar-refractivity contribution >= 4 is 96.6 Å². The maximum absolute atomic E-state index is 9.63. The van der Waals surface area contributed by atoms with Crippen molar-refractivity contribution in [2.24, 2.45) is 0 Å². The zero-order valence-corrected chi connectivity index (χ0v) is 6.40. The first-order valence-corrected chi connectivity index (χ1v) is 4.59. The summed E-state index contributed by atoms with van der Waals surface area (Å²) in [4.78, 5) is 31.0. The third-order valence-corrected chi connectivity index (χ3v) is 1.91. The summed E-state index contributed by atoms with van der Waals surface area (Å²) in [6, 6.07) is 0. The van der Waals surface area contributed by atoms with Gasteiger partial charge >= 0.3 is 96.6 Å². The zero-order chi connectivity index (χ0) is 7.71. The topological polar surface area (TPSA) is 159 Å². The van der Waals surface area contributed by atoms with Gasteiger partial charge in [0.1, 0.15) is 0 Å². The molecule has 0 saturated carbocycles. The molecule has 0 aromatic carbocycles. The van der Waals surface area contributed by atoms with Crippen LogP contribution in [-0.4, -0.2) is 101 Å². The molecule has 68 valence electrons. The molecule has 0 spiro atoms. The molecule has 0 aromatic rings. The van der Waals surface area contributed by atoms with Gasteiger partial charge in [0, 0.05) is 0 Å². The quantitative estimate of drug-likeness (QED) is 0.282. The SMILES string of the molecule is N.O=P(O)(O)OP(=O)(O)O.[KH].[NaH]. The maximum atomic E-state index is 9.63. The fourth-order valence-electron chi connectivity index (χ4n) is 0.139. The summed E-state index contributed by atoms with van der Waals surface area (Å²) in [5.41, 5.74) is 0. The molecule has 0 aliphatic rings. The number of hydrogen-bond donors (Lipinski definition) is 5. The first kappa shape index (κ1) is 24.2. The molecule has 0 aromatic heterocycles. The van der Waals surface area contributed by atoms with Gasteiger partial charge in [0.15, 0.2) is 0 Å². The molecule has 0 unspecified atom stereocenters. The van der Waals surface area contributed by atoms with Crippen molar-refractivity contribution in [2.75, 3.05) is 0 Å². The molecule has 0 aliphatic heterocycles. The van der Waals surface area contributed by atoms with E-state index < -0.39 is 15.6 Å². The first-order chi connectivity index (χ1) is 3.71. The predicted molar refractivity (Wildman–Crippen MR) is 44.5 cm³/mol. The molecule has 0 fully saturated rings. The normalized spacial score (nSPS) is 10.3. The molecule has 0 saturated heterocycles. The number of hydrogen-bond acceptors (Lipinski definition) is 4. The van der Waals surface area contributed by atoms with E-state index in [0.717, 1.165) is 0 Å². The molecule has 0 rings (SSSR count). The Labute approximate surface area is 133 Å². The third kappa shape index (κ3) is 23.0. The molecule has 0 atom stereocenters. The second-order valence-electron chi connectivity index (χ2n) is 1.06. The Morgan fingerprint density at radius 3 is 1.08 bits per heavy atom.